The van der Waals surface area contributed by atoms with E-state index in [2.05, 4.69) is 0 Å². The molecule has 1 saturated heterocycles. The fourth-order valence-electron chi connectivity index (χ4n) is 1.93. The molecule has 0 atom stereocenters. The van der Waals surface area contributed by atoms with Gasteiger partial charge in [0.05, 0.1) is 18.7 Å². The number of rotatable bonds is 2. The third kappa shape index (κ3) is 2.21. The Bertz CT molecular complexity index is 591. The molecule has 0 aliphatic carbocycles. The number of aromatic nitrogens is 2. The van der Waals surface area contributed by atoms with Crippen molar-refractivity contribution in [3.8, 4) is 0 Å². The highest BCUT2D eigenvalue weighted by molar-refractivity contribution is 5.77. The van der Waals surface area contributed by atoms with Crippen LogP contribution in [0.25, 0.3) is 0 Å². The number of hydrogen-bond donors (Lipinski definition) is 1. The molecule has 0 bridgehead atoms. The van der Waals surface area contributed by atoms with Crippen molar-refractivity contribution in [1.82, 2.24) is 14.0 Å². The summed E-state index contributed by atoms with van der Waals surface area (Å²) >= 11 is 0. The first kappa shape index (κ1) is 12.6. The van der Waals surface area contributed by atoms with Gasteiger partial charge in [-0.3, -0.25) is 18.7 Å². The Balaban J connectivity index is 2.12. The van der Waals surface area contributed by atoms with Crippen molar-refractivity contribution in [2.24, 2.45) is 7.05 Å². The lowest BCUT2D eigenvalue weighted by Crippen LogP contribution is -2.62. The van der Waals surface area contributed by atoms with E-state index in [1.807, 2.05) is 0 Å². The molecule has 18 heavy (non-hydrogen) atoms. The van der Waals surface area contributed by atoms with Crippen LogP contribution < -0.4 is 11.2 Å². The predicted molar refractivity (Wildman–Crippen MR) is 63.1 cm³/mol. The lowest BCUT2D eigenvalue weighted by atomic mass is 9.97. The zero-order chi connectivity index (χ0) is 13.5. The number of aliphatic hydroxyl groups is 1. The summed E-state index contributed by atoms with van der Waals surface area (Å²) < 4.78 is 2.12. The first-order valence-corrected chi connectivity index (χ1v) is 5.57. The van der Waals surface area contributed by atoms with E-state index in [0.717, 1.165) is 4.57 Å². The summed E-state index contributed by atoms with van der Waals surface area (Å²) in [5, 5.41) is 9.53. The van der Waals surface area contributed by atoms with Gasteiger partial charge in [0.1, 0.15) is 6.54 Å². The predicted octanol–water partition coefficient (Wildman–Crippen LogP) is -1.86. The number of β-amino-alcohol motifs (C(OH)–C–C–N with tert-alkyl or cyclic N) is 1. The fraction of sp³-hybridized carbons (Fsp3) is 0.545. The summed E-state index contributed by atoms with van der Waals surface area (Å²) in [6.45, 7) is 2.07. The van der Waals surface area contributed by atoms with Gasteiger partial charge in [-0.1, -0.05) is 0 Å². The summed E-state index contributed by atoms with van der Waals surface area (Å²) in [6, 6.07) is 1.24. The van der Waals surface area contributed by atoms with E-state index in [4.69, 9.17) is 0 Å². The number of amides is 1. The number of carbonyl (C=O) groups excluding carboxylic acids is 1. The Hall–Kier alpha value is -1.89. The molecule has 1 aliphatic rings. The highest BCUT2D eigenvalue weighted by atomic mass is 16.3. The molecule has 1 fully saturated rings. The fourth-order valence-corrected chi connectivity index (χ4v) is 1.93. The van der Waals surface area contributed by atoms with Crippen molar-refractivity contribution in [1.29, 1.82) is 0 Å². The van der Waals surface area contributed by atoms with Crippen LogP contribution in [0.2, 0.25) is 0 Å². The molecule has 1 aromatic rings. The first-order chi connectivity index (χ1) is 8.30. The van der Waals surface area contributed by atoms with Gasteiger partial charge in [0.15, 0.2) is 0 Å². The second-order valence-corrected chi connectivity index (χ2v) is 4.87. The average Bonchev–Trinajstić information content (AvgIpc) is 2.26. The van der Waals surface area contributed by atoms with Gasteiger partial charge in [-0.05, 0) is 6.92 Å². The third-order valence-electron chi connectivity index (χ3n) is 2.98. The quantitative estimate of drug-likeness (QED) is 0.670. The molecular weight excluding hydrogens is 238 g/mol. The summed E-state index contributed by atoms with van der Waals surface area (Å²) in [6.07, 6.45) is 1.31. The molecule has 0 spiro atoms. The standard InChI is InChI=1S/C11H15N3O4/c1-11(18)6-14(7-11)9(16)5-13-4-3-8(15)12(2)10(13)17/h3-4,18H,5-7H2,1-2H3. The minimum atomic E-state index is -0.829. The molecule has 0 aromatic carbocycles. The Morgan fingerprint density at radius 2 is 2.06 bits per heavy atom. The molecule has 2 rings (SSSR count). The van der Waals surface area contributed by atoms with Crippen LogP contribution in [0, 0.1) is 0 Å². The van der Waals surface area contributed by atoms with Crippen LogP contribution in [-0.2, 0) is 18.4 Å². The molecule has 0 saturated carbocycles. The topological polar surface area (TPSA) is 84.5 Å². The number of hydrogen-bond acceptors (Lipinski definition) is 4. The van der Waals surface area contributed by atoms with Crippen LogP contribution in [0.1, 0.15) is 6.92 Å². The molecule has 1 amide bonds. The van der Waals surface area contributed by atoms with Gasteiger partial charge in [-0.25, -0.2) is 4.79 Å². The Kier molecular flexibility index (Phi) is 2.86. The van der Waals surface area contributed by atoms with E-state index >= 15 is 0 Å². The van der Waals surface area contributed by atoms with Crippen molar-refractivity contribution in [3.63, 3.8) is 0 Å². The average molecular weight is 253 g/mol. The zero-order valence-corrected chi connectivity index (χ0v) is 10.3. The molecule has 1 aliphatic heterocycles. The number of carbonyl (C=O) groups is 1. The second kappa shape index (κ2) is 4.09. The molecule has 0 unspecified atom stereocenters. The van der Waals surface area contributed by atoms with E-state index in [9.17, 15) is 19.5 Å². The lowest BCUT2D eigenvalue weighted by molar-refractivity contribution is -0.153. The SMILES string of the molecule is Cn1c(=O)ccn(CC(=O)N2CC(C)(O)C2)c1=O. The zero-order valence-electron chi connectivity index (χ0n) is 10.3. The minimum Gasteiger partial charge on any atom is -0.386 e. The van der Waals surface area contributed by atoms with Gasteiger partial charge in [0.2, 0.25) is 5.91 Å². The lowest BCUT2D eigenvalue weighted by Gasteiger charge is -2.44. The molecule has 1 aromatic heterocycles. The molecule has 0 radical (unpaired) electrons. The van der Waals surface area contributed by atoms with Gasteiger partial charge in [-0.15, -0.1) is 0 Å². The Labute approximate surface area is 103 Å². The van der Waals surface area contributed by atoms with E-state index in [-0.39, 0.29) is 25.5 Å². The maximum atomic E-state index is 11.8. The van der Waals surface area contributed by atoms with Gasteiger partial charge in [0, 0.05) is 19.3 Å². The summed E-state index contributed by atoms with van der Waals surface area (Å²) in [5.41, 5.74) is -1.76. The van der Waals surface area contributed by atoms with Gasteiger partial charge in [-0.2, -0.15) is 0 Å². The molecular formula is C11H15N3O4. The Morgan fingerprint density at radius 1 is 1.44 bits per heavy atom. The largest absolute Gasteiger partial charge is 0.386 e. The van der Waals surface area contributed by atoms with Gasteiger partial charge < -0.3 is 10.0 Å². The van der Waals surface area contributed by atoms with Crippen molar-refractivity contribution in [3.05, 3.63) is 33.1 Å². The summed E-state index contributed by atoms with van der Waals surface area (Å²) in [7, 11) is 1.36. The minimum absolute atomic E-state index is 0.122. The molecule has 1 N–H and O–H groups in total. The number of nitrogens with zero attached hydrogens (tertiary/aromatic N) is 3. The third-order valence-corrected chi connectivity index (χ3v) is 2.98. The summed E-state index contributed by atoms with van der Waals surface area (Å²) in [4.78, 5) is 36.1. The van der Waals surface area contributed by atoms with Crippen LogP contribution in [0.3, 0.4) is 0 Å². The monoisotopic (exact) mass is 253 g/mol. The maximum Gasteiger partial charge on any atom is 0.331 e. The molecule has 98 valence electrons. The van der Waals surface area contributed by atoms with E-state index in [1.165, 1.54) is 28.8 Å². The highest BCUT2D eigenvalue weighted by Gasteiger charge is 2.39. The van der Waals surface area contributed by atoms with Crippen LogP contribution in [0.5, 0.6) is 0 Å². The highest BCUT2D eigenvalue weighted by Crippen LogP contribution is 2.19. The molecule has 7 heteroatoms. The Morgan fingerprint density at radius 3 is 2.61 bits per heavy atom. The second-order valence-electron chi connectivity index (χ2n) is 4.87. The van der Waals surface area contributed by atoms with E-state index < -0.39 is 16.9 Å². The first-order valence-electron chi connectivity index (χ1n) is 5.57. The van der Waals surface area contributed by atoms with Crippen molar-refractivity contribution >= 4 is 5.91 Å². The normalized spacial score (nSPS) is 17.4. The van der Waals surface area contributed by atoms with Crippen LogP contribution in [-0.4, -0.2) is 43.7 Å². The van der Waals surface area contributed by atoms with Crippen molar-refractivity contribution in [2.45, 2.75) is 19.1 Å². The van der Waals surface area contributed by atoms with Crippen molar-refractivity contribution in [2.75, 3.05) is 13.1 Å². The van der Waals surface area contributed by atoms with E-state index in [1.54, 1.807) is 6.92 Å². The van der Waals surface area contributed by atoms with Crippen LogP contribution >= 0.6 is 0 Å². The van der Waals surface area contributed by atoms with E-state index in [0.29, 0.717) is 0 Å². The smallest absolute Gasteiger partial charge is 0.331 e. The van der Waals surface area contributed by atoms with Crippen LogP contribution in [0.4, 0.5) is 0 Å². The van der Waals surface area contributed by atoms with Crippen molar-refractivity contribution < 1.29 is 9.90 Å². The molecule has 2 heterocycles. The number of likely N-dealkylation sites (tertiary alicyclic amines) is 1. The van der Waals surface area contributed by atoms with Gasteiger partial charge >= 0.3 is 5.69 Å². The van der Waals surface area contributed by atoms with Gasteiger partial charge in [0.25, 0.3) is 5.56 Å². The van der Waals surface area contributed by atoms with Crippen LogP contribution in [0.15, 0.2) is 21.9 Å². The summed E-state index contributed by atoms with van der Waals surface area (Å²) in [5.74, 6) is -0.248. The molecule has 7 nitrogen and oxygen atoms in total. The maximum absolute atomic E-state index is 11.8.